The monoisotopic (exact) mass is 587 g/mol. The van der Waals surface area contributed by atoms with Gasteiger partial charge in [0.15, 0.2) is 0 Å². The van der Waals surface area contributed by atoms with E-state index >= 15 is 0 Å². The topological polar surface area (TPSA) is 96.3 Å². The molecule has 9 heteroatoms. The van der Waals surface area contributed by atoms with Gasteiger partial charge in [0.2, 0.25) is 16.0 Å². The first-order valence-electron chi connectivity index (χ1n) is 15.6. The molecule has 1 aliphatic heterocycles. The number of anilines is 1. The molecule has 4 aliphatic carbocycles. The van der Waals surface area contributed by atoms with Crippen molar-refractivity contribution in [3.8, 4) is 0 Å². The fourth-order valence-electron chi connectivity index (χ4n) is 8.73. The van der Waals surface area contributed by atoms with Crippen LogP contribution in [0, 0.1) is 17.8 Å². The van der Waals surface area contributed by atoms with Crippen LogP contribution in [0.1, 0.15) is 73.7 Å². The van der Waals surface area contributed by atoms with Gasteiger partial charge in [-0.15, -0.1) is 6.58 Å². The number of aromatic nitrogens is 2. The van der Waals surface area contributed by atoms with Crippen LogP contribution >= 0.6 is 0 Å². The third kappa shape index (κ3) is 5.20. The Kier molecular flexibility index (Phi) is 7.23. The van der Waals surface area contributed by atoms with Gasteiger partial charge in [-0.2, -0.15) is 0 Å². The van der Waals surface area contributed by atoms with Crippen LogP contribution in [0.25, 0.3) is 11.0 Å². The largest absolute Gasteiger partial charge is 0.304 e. The van der Waals surface area contributed by atoms with Crippen LogP contribution in [0.5, 0.6) is 0 Å². The maximum atomic E-state index is 13.7. The minimum absolute atomic E-state index is 0.0460. The summed E-state index contributed by atoms with van der Waals surface area (Å²) in [6.07, 6.45) is 12.7. The lowest BCUT2D eigenvalue weighted by molar-refractivity contribution is -0.0399. The summed E-state index contributed by atoms with van der Waals surface area (Å²) in [6.45, 7) is 6.92. The summed E-state index contributed by atoms with van der Waals surface area (Å²) in [5.74, 6) is 2.42. The number of nitrogens with one attached hydrogen (secondary N) is 2. The zero-order valence-electron chi connectivity index (χ0n) is 24.2. The highest BCUT2D eigenvalue weighted by Gasteiger charge is 2.53. The normalized spacial score (nSPS) is 27.4. The Bertz CT molecular complexity index is 1590. The van der Waals surface area contributed by atoms with E-state index in [0.717, 1.165) is 67.7 Å². The molecule has 1 saturated heterocycles. The Morgan fingerprint density at radius 1 is 1.00 bits per heavy atom. The fourth-order valence-corrected chi connectivity index (χ4v) is 9.77. The molecular weight excluding hydrogens is 546 g/mol. The van der Waals surface area contributed by atoms with Crippen LogP contribution in [0.3, 0.4) is 0 Å². The van der Waals surface area contributed by atoms with Crippen molar-refractivity contribution in [3.05, 3.63) is 66.2 Å². The molecule has 2 heterocycles. The van der Waals surface area contributed by atoms with Gasteiger partial charge in [-0.05, 0) is 118 Å². The van der Waals surface area contributed by atoms with Gasteiger partial charge in [-0.1, -0.05) is 24.6 Å². The van der Waals surface area contributed by atoms with Crippen molar-refractivity contribution >= 4 is 32.9 Å². The molecule has 5 fully saturated rings. The van der Waals surface area contributed by atoms with Crippen LogP contribution in [0.15, 0.2) is 60.0 Å². The van der Waals surface area contributed by atoms with Gasteiger partial charge in [-0.3, -0.25) is 15.0 Å². The second-order valence-corrected chi connectivity index (χ2v) is 15.0. The Morgan fingerprint density at radius 2 is 1.71 bits per heavy atom. The maximum absolute atomic E-state index is 13.7. The van der Waals surface area contributed by atoms with Gasteiger partial charge in [0, 0.05) is 24.2 Å². The summed E-state index contributed by atoms with van der Waals surface area (Å²) in [7, 11) is -3.75. The van der Waals surface area contributed by atoms with E-state index in [2.05, 4.69) is 44.3 Å². The Labute approximate surface area is 248 Å². The van der Waals surface area contributed by atoms with Crippen molar-refractivity contribution in [1.82, 2.24) is 19.2 Å². The van der Waals surface area contributed by atoms with Crippen LogP contribution in [0.2, 0.25) is 0 Å². The number of hydrogen-bond donors (Lipinski definition) is 2. The smallest absolute Gasteiger partial charge is 0.258 e. The lowest BCUT2D eigenvalue weighted by Gasteiger charge is -2.57. The van der Waals surface area contributed by atoms with Crippen molar-refractivity contribution in [3.63, 3.8) is 0 Å². The number of carbonyl (C=O) groups is 1. The summed E-state index contributed by atoms with van der Waals surface area (Å²) in [4.78, 5) is 21.3. The molecule has 1 aromatic heterocycles. The highest BCUT2D eigenvalue weighted by atomic mass is 32.2. The summed E-state index contributed by atoms with van der Waals surface area (Å²) < 4.78 is 30.3. The number of nitrogens with zero attached hydrogens (tertiary/aromatic N) is 3. The molecule has 0 unspecified atom stereocenters. The van der Waals surface area contributed by atoms with E-state index in [9.17, 15) is 13.2 Å². The molecule has 2 N–H and O–H groups in total. The minimum atomic E-state index is -3.75. The Morgan fingerprint density at radius 3 is 2.40 bits per heavy atom. The predicted octanol–water partition coefficient (Wildman–Crippen LogP) is 5.66. The summed E-state index contributed by atoms with van der Waals surface area (Å²) >= 11 is 0. The van der Waals surface area contributed by atoms with E-state index in [1.807, 2.05) is 0 Å². The standard InChI is InChI=1S/C33H41N5O3S/c1-2-11-34-42(40,41)28-8-6-7-27(18-28)31(39)36-32-35-29-10-9-23(22-37-12-4-3-5-13-37)17-30(29)38(32)33-19-24-14-25(20-33)16-26(15-24)21-33/h2,6-10,17-18,24-26,34H,1,3-5,11-16,19-22H2,(H,35,36,39). The lowest BCUT2D eigenvalue weighted by Crippen LogP contribution is -2.52. The molecule has 0 spiro atoms. The Balaban J connectivity index is 1.26. The molecule has 8 rings (SSSR count). The summed E-state index contributed by atoms with van der Waals surface area (Å²) in [6, 6.07) is 12.8. The first-order valence-corrected chi connectivity index (χ1v) is 17.1. The number of likely N-dealkylation sites (tertiary alicyclic amines) is 1. The summed E-state index contributed by atoms with van der Waals surface area (Å²) in [5, 5.41) is 3.14. The number of rotatable bonds is 9. The second kappa shape index (κ2) is 10.9. The van der Waals surface area contributed by atoms with Crippen LogP contribution in [-0.2, 0) is 22.1 Å². The summed E-state index contributed by atoms with van der Waals surface area (Å²) in [5.41, 5.74) is 3.53. The van der Waals surface area contributed by atoms with E-state index in [1.165, 1.54) is 62.3 Å². The number of benzene rings is 2. The molecular formula is C33H41N5O3S. The maximum Gasteiger partial charge on any atom is 0.258 e. The zero-order valence-corrected chi connectivity index (χ0v) is 25.0. The van der Waals surface area contributed by atoms with Gasteiger partial charge < -0.3 is 4.57 Å². The molecule has 42 heavy (non-hydrogen) atoms. The van der Waals surface area contributed by atoms with Gasteiger partial charge in [0.25, 0.3) is 5.91 Å². The zero-order chi connectivity index (χ0) is 28.9. The van der Waals surface area contributed by atoms with E-state index in [4.69, 9.17) is 4.98 Å². The predicted molar refractivity (Wildman–Crippen MR) is 165 cm³/mol. The molecule has 0 radical (unpaired) electrons. The van der Waals surface area contributed by atoms with E-state index < -0.39 is 10.0 Å². The van der Waals surface area contributed by atoms with Crippen LogP contribution < -0.4 is 10.0 Å². The van der Waals surface area contributed by atoms with Gasteiger partial charge in [0.1, 0.15) is 0 Å². The van der Waals surface area contributed by atoms with Crippen molar-refractivity contribution in [2.24, 2.45) is 17.8 Å². The van der Waals surface area contributed by atoms with E-state index in [1.54, 1.807) is 12.1 Å². The van der Waals surface area contributed by atoms with Gasteiger partial charge >= 0.3 is 0 Å². The second-order valence-electron chi connectivity index (χ2n) is 13.2. The number of piperidine rings is 1. The van der Waals surface area contributed by atoms with Crippen LogP contribution in [0.4, 0.5) is 5.95 Å². The van der Waals surface area contributed by atoms with Gasteiger partial charge in [0.05, 0.1) is 15.9 Å². The van der Waals surface area contributed by atoms with Crippen molar-refractivity contribution in [2.45, 2.75) is 74.8 Å². The fraction of sp³-hybridized carbons (Fsp3) is 0.515. The number of carbonyl (C=O) groups excluding carboxylic acids is 1. The number of fused-ring (bicyclic) bond motifs is 1. The molecule has 222 valence electrons. The molecule has 4 bridgehead atoms. The van der Waals surface area contributed by atoms with Crippen molar-refractivity contribution in [1.29, 1.82) is 0 Å². The average Bonchev–Trinajstić information content (AvgIpc) is 3.34. The first-order chi connectivity index (χ1) is 20.3. The molecule has 5 aliphatic rings. The highest BCUT2D eigenvalue weighted by Crippen LogP contribution is 2.60. The number of hydrogen-bond acceptors (Lipinski definition) is 5. The minimum Gasteiger partial charge on any atom is -0.304 e. The van der Waals surface area contributed by atoms with Crippen molar-refractivity contribution in [2.75, 3.05) is 25.0 Å². The SMILES string of the molecule is C=CCNS(=O)(=O)c1cccc(C(=O)Nc2nc3ccc(CN4CCCCC4)cc3n2C23CC4CC(CC(C4)C2)C3)c1. The number of amides is 1. The van der Waals surface area contributed by atoms with Crippen LogP contribution in [-0.4, -0.2) is 48.4 Å². The molecule has 4 saturated carbocycles. The third-order valence-corrected chi connectivity index (χ3v) is 11.5. The highest BCUT2D eigenvalue weighted by molar-refractivity contribution is 7.89. The van der Waals surface area contributed by atoms with E-state index in [0.29, 0.717) is 5.95 Å². The lowest BCUT2D eigenvalue weighted by atomic mass is 9.53. The van der Waals surface area contributed by atoms with Gasteiger partial charge in [-0.25, -0.2) is 18.1 Å². The first kappa shape index (κ1) is 27.8. The molecule has 0 atom stereocenters. The third-order valence-electron chi connectivity index (χ3n) is 10.1. The van der Waals surface area contributed by atoms with Crippen molar-refractivity contribution < 1.29 is 13.2 Å². The molecule has 8 nitrogen and oxygen atoms in total. The quantitative estimate of drug-likeness (QED) is 0.315. The molecule has 2 aromatic carbocycles. The number of imidazole rings is 1. The molecule has 1 amide bonds. The molecule has 3 aromatic rings. The number of sulfonamides is 1. The van der Waals surface area contributed by atoms with E-state index in [-0.39, 0.29) is 28.4 Å². The Hall–Kier alpha value is -3.01. The average molecular weight is 588 g/mol.